The number of carbonyl (C=O) groups is 1. The molecule has 16 heavy (non-hydrogen) atoms. The molecule has 0 radical (unpaired) electrons. The number of ketones is 1. The lowest BCUT2D eigenvalue weighted by Crippen LogP contribution is -2.22. The summed E-state index contributed by atoms with van der Waals surface area (Å²) in [4.78, 5) is 12.1. The van der Waals surface area contributed by atoms with E-state index in [1.54, 1.807) is 6.92 Å². The average molecular weight is 240 g/mol. The first-order valence-corrected chi connectivity index (χ1v) is 6.46. The second kappa shape index (κ2) is 5.57. The maximum Gasteiger partial charge on any atom is 0.170 e. The van der Waals surface area contributed by atoms with Crippen LogP contribution in [0.25, 0.3) is 0 Å². The Morgan fingerprint density at radius 3 is 3.19 bits per heavy atom. The number of Topliss-reactive ketones (excluding diaryl/α,β-unsaturated/α-hetero) is 1. The van der Waals surface area contributed by atoms with Gasteiger partial charge in [-0.1, -0.05) is 0 Å². The van der Waals surface area contributed by atoms with Gasteiger partial charge in [0.2, 0.25) is 0 Å². The van der Waals surface area contributed by atoms with Gasteiger partial charge in [-0.15, -0.1) is 11.3 Å². The summed E-state index contributed by atoms with van der Waals surface area (Å²) in [5.41, 5.74) is 0.978. The fourth-order valence-corrected chi connectivity index (χ4v) is 2.60. The molecule has 1 saturated heterocycles. The summed E-state index contributed by atoms with van der Waals surface area (Å²) in [6.07, 6.45) is 3.15. The second-order valence-corrected chi connectivity index (χ2v) is 4.85. The van der Waals surface area contributed by atoms with Crippen molar-refractivity contribution < 1.29 is 14.3 Å². The Morgan fingerprint density at radius 2 is 2.50 bits per heavy atom. The lowest BCUT2D eigenvalue weighted by molar-refractivity contribution is -0.168. The third-order valence-corrected chi connectivity index (χ3v) is 3.69. The molecule has 2 rings (SSSR count). The third-order valence-electron chi connectivity index (χ3n) is 2.63. The van der Waals surface area contributed by atoms with Crippen LogP contribution in [0.5, 0.6) is 0 Å². The molecule has 2 heterocycles. The Labute approximate surface area is 99.4 Å². The van der Waals surface area contributed by atoms with E-state index in [1.165, 1.54) is 11.3 Å². The predicted octanol–water partition coefficient (Wildman–Crippen LogP) is 2.99. The van der Waals surface area contributed by atoms with Crippen molar-refractivity contribution in [2.24, 2.45) is 0 Å². The Hall–Kier alpha value is -0.710. The van der Waals surface area contributed by atoms with Crippen molar-refractivity contribution in [1.82, 2.24) is 0 Å². The summed E-state index contributed by atoms with van der Waals surface area (Å²) < 4.78 is 11.1. The first-order chi connectivity index (χ1) is 7.77. The molecule has 0 bridgehead atoms. The van der Waals surface area contributed by atoms with Gasteiger partial charge in [0.25, 0.3) is 0 Å². The van der Waals surface area contributed by atoms with Gasteiger partial charge in [-0.3, -0.25) is 4.79 Å². The molecular formula is C12H16O3S. The Morgan fingerprint density at radius 1 is 1.62 bits per heavy atom. The fraction of sp³-hybridized carbons (Fsp3) is 0.583. The average Bonchev–Trinajstić information content (AvgIpc) is 2.76. The van der Waals surface area contributed by atoms with Gasteiger partial charge in [0, 0.05) is 6.61 Å². The summed E-state index contributed by atoms with van der Waals surface area (Å²) >= 11 is 1.47. The van der Waals surface area contributed by atoms with Gasteiger partial charge in [-0.25, -0.2) is 0 Å². The number of thiophene rings is 1. The lowest BCUT2D eigenvalue weighted by Gasteiger charge is -2.22. The normalized spacial score (nSPS) is 20.9. The molecule has 1 aliphatic heterocycles. The van der Waals surface area contributed by atoms with E-state index in [0.29, 0.717) is 6.61 Å². The number of hydrogen-bond donors (Lipinski definition) is 0. The van der Waals surface area contributed by atoms with Gasteiger partial charge in [0.15, 0.2) is 12.1 Å². The van der Waals surface area contributed by atoms with Crippen molar-refractivity contribution >= 4 is 17.1 Å². The Balaban J connectivity index is 1.88. The highest BCUT2D eigenvalue weighted by Crippen LogP contribution is 2.21. The van der Waals surface area contributed by atoms with E-state index in [9.17, 15) is 4.79 Å². The predicted molar refractivity (Wildman–Crippen MR) is 62.7 cm³/mol. The van der Waals surface area contributed by atoms with Crippen LogP contribution < -0.4 is 0 Å². The molecule has 88 valence electrons. The molecule has 0 spiro atoms. The Bertz CT molecular complexity index is 353. The van der Waals surface area contributed by atoms with Crippen molar-refractivity contribution in [1.29, 1.82) is 0 Å². The van der Waals surface area contributed by atoms with Gasteiger partial charge in [0.05, 0.1) is 11.5 Å². The quantitative estimate of drug-likeness (QED) is 0.759. The number of ether oxygens (including phenoxy) is 2. The van der Waals surface area contributed by atoms with E-state index < -0.39 is 0 Å². The van der Waals surface area contributed by atoms with Crippen molar-refractivity contribution in [3.8, 4) is 0 Å². The minimum atomic E-state index is -0.0894. The van der Waals surface area contributed by atoms with Gasteiger partial charge in [-0.05, 0) is 43.2 Å². The zero-order chi connectivity index (χ0) is 11.4. The highest BCUT2D eigenvalue weighted by Gasteiger charge is 2.16. The first-order valence-electron chi connectivity index (χ1n) is 5.58. The van der Waals surface area contributed by atoms with Gasteiger partial charge >= 0.3 is 0 Å². The minimum absolute atomic E-state index is 0.0894. The van der Waals surface area contributed by atoms with Crippen molar-refractivity contribution in [2.45, 2.75) is 39.1 Å². The van der Waals surface area contributed by atoms with Crippen LogP contribution in [-0.4, -0.2) is 18.7 Å². The highest BCUT2D eigenvalue weighted by molar-refractivity contribution is 7.12. The van der Waals surface area contributed by atoms with Crippen molar-refractivity contribution in [3.05, 3.63) is 21.9 Å². The van der Waals surface area contributed by atoms with Crippen molar-refractivity contribution in [2.75, 3.05) is 6.61 Å². The SMILES string of the molecule is CC(=O)c1sccc1COC1CCCCO1. The van der Waals surface area contributed by atoms with Crippen LogP contribution in [0.2, 0.25) is 0 Å². The molecule has 4 heteroatoms. The van der Waals surface area contributed by atoms with Crippen LogP contribution in [0.4, 0.5) is 0 Å². The highest BCUT2D eigenvalue weighted by atomic mass is 32.1. The molecular weight excluding hydrogens is 224 g/mol. The Kier molecular flexibility index (Phi) is 4.09. The summed E-state index contributed by atoms with van der Waals surface area (Å²) in [5, 5.41) is 1.93. The van der Waals surface area contributed by atoms with Gasteiger partial charge in [-0.2, -0.15) is 0 Å². The van der Waals surface area contributed by atoms with E-state index >= 15 is 0 Å². The smallest absolute Gasteiger partial charge is 0.170 e. The standard InChI is InChI=1S/C12H16O3S/c1-9(13)12-10(5-7-16-12)8-15-11-4-2-3-6-14-11/h5,7,11H,2-4,6,8H2,1H3. The molecule has 1 fully saturated rings. The summed E-state index contributed by atoms with van der Waals surface area (Å²) in [6, 6.07) is 1.95. The minimum Gasteiger partial charge on any atom is -0.353 e. The van der Waals surface area contributed by atoms with E-state index in [1.807, 2.05) is 11.4 Å². The zero-order valence-corrected chi connectivity index (χ0v) is 10.2. The van der Waals surface area contributed by atoms with E-state index in [2.05, 4.69) is 0 Å². The largest absolute Gasteiger partial charge is 0.353 e. The van der Waals surface area contributed by atoms with Crippen LogP contribution in [-0.2, 0) is 16.1 Å². The molecule has 1 unspecified atom stereocenters. The topological polar surface area (TPSA) is 35.5 Å². The third kappa shape index (κ3) is 2.90. The van der Waals surface area contributed by atoms with Crippen LogP contribution in [0.1, 0.15) is 41.4 Å². The maximum absolute atomic E-state index is 11.3. The van der Waals surface area contributed by atoms with Crippen molar-refractivity contribution in [3.63, 3.8) is 0 Å². The number of carbonyl (C=O) groups excluding carboxylic acids is 1. The first kappa shape index (κ1) is 11.8. The summed E-state index contributed by atoms with van der Waals surface area (Å²) in [7, 11) is 0. The van der Waals surface area contributed by atoms with Crippen LogP contribution >= 0.6 is 11.3 Å². The molecule has 1 atom stereocenters. The molecule has 0 aromatic carbocycles. The number of hydrogen-bond acceptors (Lipinski definition) is 4. The van der Waals surface area contributed by atoms with E-state index in [4.69, 9.17) is 9.47 Å². The summed E-state index contributed by atoms with van der Waals surface area (Å²) in [5.74, 6) is 0.109. The molecule has 1 aromatic rings. The van der Waals surface area contributed by atoms with E-state index in [-0.39, 0.29) is 12.1 Å². The molecule has 0 saturated carbocycles. The lowest BCUT2D eigenvalue weighted by atomic mass is 10.2. The van der Waals surface area contributed by atoms with Crippen LogP contribution in [0.15, 0.2) is 11.4 Å². The van der Waals surface area contributed by atoms with Crippen LogP contribution in [0.3, 0.4) is 0 Å². The molecule has 1 aromatic heterocycles. The van der Waals surface area contributed by atoms with Gasteiger partial charge in [0.1, 0.15) is 0 Å². The zero-order valence-electron chi connectivity index (χ0n) is 9.40. The van der Waals surface area contributed by atoms with E-state index in [0.717, 1.165) is 36.3 Å². The second-order valence-electron chi connectivity index (χ2n) is 3.94. The molecule has 3 nitrogen and oxygen atoms in total. The fourth-order valence-electron chi connectivity index (χ4n) is 1.78. The monoisotopic (exact) mass is 240 g/mol. The molecule has 0 N–H and O–H groups in total. The summed E-state index contributed by atoms with van der Waals surface area (Å²) in [6.45, 7) is 2.85. The maximum atomic E-state index is 11.3. The molecule has 0 amide bonds. The number of rotatable bonds is 4. The van der Waals surface area contributed by atoms with Gasteiger partial charge < -0.3 is 9.47 Å². The molecule has 1 aliphatic rings. The molecule has 0 aliphatic carbocycles. The van der Waals surface area contributed by atoms with Crippen LogP contribution in [0, 0.1) is 0 Å².